The number of para-hydroxylation sites is 1. The number of anilines is 1. The molecule has 4 heteroatoms. The number of ether oxygens (including phenoxy) is 1. The fourth-order valence-corrected chi connectivity index (χ4v) is 2.17. The van der Waals surface area contributed by atoms with E-state index in [4.69, 9.17) is 4.74 Å². The Bertz CT molecular complexity index is 718. The van der Waals surface area contributed by atoms with Gasteiger partial charge < -0.3 is 10.1 Å². The maximum absolute atomic E-state index is 5.41. The Kier molecular flexibility index (Phi) is 2.83. The van der Waals surface area contributed by atoms with E-state index in [1.54, 1.807) is 7.11 Å². The second kappa shape index (κ2) is 4.65. The van der Waals surface area contributed by atoms with E-state index in [-0.39, 0.29) is 0 Å². The summed E-state index contributed by atoms with van der Waals surface area (Å²) < 4.78 is 7.46. The maximum Gasteiger partial charge on any atom is 0.148 e. The summed E-state index contributed by atoms with van der Waals surface area (Å²) >= 11 is 0. The monoisotopic (exact) mass is 253 g/mol. The quantitative estimate of drug-likeness (QED) is 0.779. The van der Waals surface area contributed by atoms with E-state index >= 15 is 0 Å². The van der Waals surface area contributed by atoms with E-state index in [0.29, 0.717) is 0 Å². The zero-order chi connectivity index (χ0) is 13.2. The number of methoxy groups -OCH3 is 1. The van der Waals surface area contributed by atoms with Crippen LogP contribution < -0.4 is 10.1 Å². The number of hydrogen-bond acceptors (Lipinski definition) is 3. The van der Waals surface area contributed by atoms with Gasteiger partial charge in [0, 0.05) is 13.2 Å². The number of benzene rings is 1. The molecular formula is C15H15N3O. The molecule has 0 radical (unpaired) electrons. The SMILES string of the molecule is CNc1ccc2cnc(-c3ccccc3OC)n2c1. The van der Waals surface area contributed by atoms with Crippen LogP contribution in [-0.2, 0) is 0 Å². The number of hydrogen-bond donors (Lipinski definition) is 1. The smallest absolute Gasteiger partial charge is 0.148 e. The Balaban J connectivity index is 2.24. The average molecular weight is 253 g/mol. The molecule has 0 spiro atoms. The summed E-state index contributed by atoms with van der Waals surface area (Å²) in [6.45, 7) is 0. The molecule has 3 aromatic rings. The normalized spacial score (nSPS) is 10.6. The van der Waals surface area contributed by atoms with Crippen LogP contribution in [0.3, 0.4) is 0 Å². The minimum atomic E-state index is 0.824. The van der Waals surface area contributed by atoms with Crippen LogP contribution >= 0.6 is 0 Å². The molecule has 2 aromatic heterocycles. The van der Waals surface area contributed by atoms with Crippen molar-refractivity contribution in [2.75, 3.05) is 19.5 Å². The molecule has 1 aromatic carbocycles. The van der Waals surface area contributed by atoms with Crippen LogP contribution in [0.5, 0.6) is 5.75 Å². The Hall–Kier alpha value is -2.49. The van der Waals surface area contributed by atoms with Gasteiger partial charge in [0.25, 0.3) is 0 Å². The van der Waals surface area contributed by atoms with Gasteiger partial charge in [0.05, 0.1) is 30.1 Å². The summed E-state index contributed by atoms with van der Waals surface area (Å²) in [5, 5.41) is 3.14. The second-order valence-corrected chi connectivity index (χ2v) is 4.24. The summed E-state index contributed by atoms with van der Waals surface area (Å²) in [5.74, 6) is 1.70. The van der Waals surface area contributed by atoms with Crippen molar-refractivity contribution in [2.24, 2.45) is 0 Å². The lowest BCUT2D eigenvalue weighted by Crippen LogP contribution is -1.95. The summed E-state index contributed by atoms with van der Waals surface area (Å²) in [5.41, 5.74) is 3.08. The molecule has 0 fully saturated rings. The van der Waals surface area contributed by atoms with Gasteiger partial charge in [-0.25, -0.2) is 4.98 Å². The molecule has 1 N–H and O–H groups in total. The molecular weight excluding hydrogens is 238 g/mol. The van der Waals surface area contributed by atoms with Crippen LogP contribution in [0.1, 0.15) is 0 Å². The Morgan fingerprint density at radius 3 is 2.79 bits per heavy atom. The fourth-order valence-electron chi connectivity index (χ4n) is 2.17. The number of imidazole rings is 1. The van der Waals surface area contributed by atoms with Crippen LogP contribution in [-0.4, -0.2) is 23.5 Å². The first-order chi connectivity index (χ1) is 9.33. The molecule has 0 saturated heterocycles. The van der Waals surface area contributed by atoms with Gasteiger partial charge in [-0.15, -0.1) is 0 Å². The topological polar surface area (TPSA) is 38.6 Å². The summed E-state index contributed by atoms with van der Waals surface area (Å²) in [4.78, 5) is 4.50. The van der Waals surface area contributed by atoms with Crippen LogP contribution in [0, 0.1) is 0 Å². The van der Waals surface area contributed by atoms with Gasteiger partial charge in [0.2, 0.25) is 0 Å². The van der Waals surface area contributed by atoms with Crippen molar-refractivity contribution in [1.82, 2.24) is 9.38 Å². The molecule has 0 saturated carbocycles. The number of pyridine rings is 1. The molecule has 4 nitrogen and oxygen atoms in total. The third kappa shape index (κ3) is 1.91. The van der Waals surface area contributed by atoms with Gasteiger partial charge >= 0.3 is 0 Å². The van der Waals surface area contributed by atoms with Crippen molar-refractivity contribution >= 4 is 11.2 Å². The molecule has 3 rings (SSSR count). The largest absolute Gasteiger partial charge is 0.496 e. The third-order valence-corrected chi connectivity index (χ3v) is 3.16. The average Bonchev–Trinajstić information content (AvgIpc) is 2.89. The predicted molar refractivity (Wildman–Crippen MR) is 76.7 cm³/mol. The minimum Gasteiger partial charge on any atom is -0.496 e. The van der Waals surface area contributed by atoms with Gasteiger partial charge in [0.15, 0.2) is 0 Å². The zero-order valence-electron chi connectivity index (χ0n) is 10.9. The van der Waals surface area contributed by atoms with Crippen molar-refractivity contribution in [3.8, 4) is 17.1 Å². The maximum atomic E-state index is 5.41. The van der Waals surface area contributed by atoms with E-state index in [0.717, 1.165) is 28.3 Å². The van der Waals surface area contributed by atoms with Gasteiger partial charge in [-0.2, -0.15) is 0 Å². The van der Waals surface area contributed by atoms with Crippen molar-refractivity contribution in [3.05, 3.63) is 48.8 Å². The van der Waals surface area contributed by atoms with E-state index in [1.807, 2.05) is 55.8 Å². The molecule has 0 aliphatic carbocycles. The van der Waals surface area contributed by atoms with Crippen molar-refractivity contribution in [3.63, 3.8) is 0 Å². The van der Waals surface area contributed by atoms with Crippen LogP contribution in [0.15, 0.2) is 48.8 Å². The third-order valence-electron chi connectivity index (χ3n) is 3.16. The number of nitrogens with one attached hydrogen (secondary N) is 1. The number of aromatic nitrogens is 2. The summed E-state index contributed by atoms with van der Waals surface area (Å²) in [6, 6.07) is 12.0. The first-order valence-electron chi connectivity index (χ1n) is 6.11. The minimum absolute atomic E-state index is 0.824. The molecule has 0 aliphatic rings. The van der Waals surface area contributed by atoms with E-state index < -0.39 is 0 Å². The zero-order valence-corrected chi connectivity index (χ0v) is 10.9. The van der Waals surface area contributed by atoms with E-state index in [1.165, 1.54) is 0 Å². The van der Waals surface area contributed by atoms with Crippen molar-refractivity contribution < 1.29 is 4.74 Å². The highest BCUT2D eigenvalue weighted by Gasteiger charge is 2.11. The lowest BCUT2D eigenvalue weighted by atomic mass is 10.2. The standard InChI is InChI=1S/C15H15N3O/c1-16-11-7-8-12-9-17-15(18(12)10-11)13-5-3-4-6-14(13)19-2/h3-10,16H,1-2H3. The fraction of sp³-hybridized carbons (Fsp3) is 0.133. The molecule has 0 atom stereocenters. The predicted octanol–water partition coefficient (Wildman–Crippen LogP) is 3.05. The number of nitrogens with zero attached hydrogens (tertiary/aromatic N) is 2. The molecule has 96 valence electrons. The van der Waals surface area contributed by atoms with E-state index in [2.05, 4.69) is 14.7 Å². The van der Waals surface area contributed by atoms with Gasteiger partial charge in [-0.05, 0) is 24.3 Å². The van der Waals surface area contributed by atoms with Crippen molar-refractivity contribution in [1.29, 1.82) is 0 Å². The number of rotatable bonds is 3. The lowest BCUT2D eigenvalue weighted by Gasteiger charge is -2.08. The Labute approximate surface area is 111 Å². The highest BCUT2D eigenvalue weighted by molar-refractivity contribution is 5.69. The highest BCUT2D eigenvalue weighted by atomic mass is 16.5. The molecule has 0 aliphatic heterocycles. The molecule has 2 heterocycles. The Morgan fingerprint density at radius 2 is 2.00 bits per heavy atom. The first-order valence-corrected chi connectivity index (χ1v) is 6.11. The molecule has 0 amide bonds. The highest BCUT2D eigenvalue weighted by Crippen LogP contribution is 2.29. The second-order valence-electron chi connectivity index (χ2n) is 4.24. The van der Waals surface area contributed by atoms with Gasteiger partial charge in [-0.3, -0.25) is 4.40 Å². The Morgan fingerprint density at radius 1 is 1.16 bits per heavy atom. The summed E-state index contributed by atoms with van der Waals surface area (Å²) in [7, 11) is 3.58. The van der Waals surface area contributed by atoms with Gasteiger partial charge in [-0.1, -0.05) is 12.1 Å². The van der Waals surface area contributed by atoms with Crippen LogP contribution in [0.25, 0.3) is 16.9 Å². The lowest BCUT2D eigenvalue weighted by molar-refractivity contribution is 0.416. The number of fused-ring (bicyclic) bond motifs is 1. The van der Waals surface area contributed by atoms with E-state index in [9.17, 15) is 0 Å². The van der Waals surface area contributed by atoms with Crippen LogP contribution in [0.2, 0.25) is 0 Å². The molecule has 0 unspecified atom stereocenters. The first kappa shape index (κ1) is 11.6. The molecule has 19 heavy (non-hydrogen) atoms. The molecule has 0 bridgehead atoms. The van der Waals surface area contributed by atoms with Gasteiger partial charge in [0.1, 0.15) is 11.6 Å². The summed E-state index contributed by atoms with van der Waals surface area (Å²) in [6.07, 6.45) is 3.89. The van der Waals surface area contributed by atoms with Crippen molar-refractivity contribution in [2.45, 2.75) is 0 Å². The van der Waals surface area contributed by atoms with Crippen LogP contribution in [0.4, 0.5) is 5.69 Å².